The lowest BCUT2D eigenvalue weighted by molar-refractivity contribution is -0.138. The number of hydrogen-bond acceptors (Lipinski definition) is 5. The molecule has 47 heavy (non-hydrogen) atoms. The molecule has 0 saturated heterocycles. The number of carboxylic acid groups (broad SMARTS) is 2. The molecule has 14 heteroatoms. The molecule has 5 rings (SSSR count). The van der Waals surface area contributed by atoms with Crippen molar-refractivity contribution in [2.24, 2.45) is 0 Å². The zero-order valence-corrected chi connectivity index (χ0v) is 27.2. The average Bonchev–Trinajstić information content (AvgIpc) is 3.67. The first-order chi connectivity index (χ1) is 22.1. The van der Waals surface area contributed by atoms with E-state index in [0.717, 1.165) is 44.4 Å². The first kappa shape index (κ1) is 33.4. The van der Waals surface area contributed by atoms with Crippen molar-refractivity contribution >= 4 is 51.8 Å². The third kappa shape index (κ3) is 7.40. The smallest absolute Gasteiger partial charge is 0.333 e. The molecule has 248 valence electrons. The SMILES string of the molecule is Cc1cc2[nH]c1C=c1[nH]c(c(CCC(=O)O)c1C)=Cc1[nH]c(c(C)c1CCC(=O)O)C=c1cc(C)c([nH]1)=C2C(=O)CCNS(=O)(=O)O. The van der Waals surface area contributed by atoms with Crippen LogP contribution in [0.25, 0.3) is 23.8 Å². The van der Waals surface area contributed by atoms with Crippen molar-refractivity contribution in [1.29, 1.82) is 0 Å². The largest absolute Gasteiger partial charge is 0.481 e. The summed E-state index contributed by atoms with van der Waals surface area (Å²) in [5.41, 5.74) is 7.84. The lowest BCUT2D eigenvalue weighted by Gasteiger charge is -2.06. The maximum atomic E-state index is 13.7. The highest BCUT2D eigenvalue weighted by Gasteiger charge is 2.20. The Balaban J connectivity index is 1.83. The zero-order valence-electron chi connectivity index (χ0n) is 26.4. The molecular weight excluding hydrogens is 626 g/mol. The number of carbonyl (C=O) groups excluding carboxylic acids is 1. The molecule has 4 aromatic heterocycles. The standard InChI is InChI=1S/C33H37N5O8S/c1-16-12-28-32(29(39)9-10-34-47(44,45)46)33-17(2)11-20(35-33)13-24-18(3)21(5-7-30(40)41)26(37-24)15-27-22(6-8-31(42)43)19(4)25(38-27)14-23(16)36-28/h11-15,34-38H,5-10H2,1-4H3,(H,40,41)(H,42,43)(H,44,45,46). The number of ketones is 1. The number of H-pyrrole nitrogens is 4. The van der Waals surface area contributed by atoms with Gasteiger partial charge in [-0.1, -0.05) is 0 Å². The van der Waals surface area contributed by atoms with Gasteiger partial charge in [0.05, 0.1) is 16.6 Å². The van der Waals surface area contributed by atoms with Crippen molar-refractivity contribution in [3.05, 3.63) is 89.7 Å². The van der Waals surface area contributed by atoms with Crippen molar-refractivity contribution in [2.45, 2.75) is 59.8 Å². The first-order valence-corrected chi connectivity index (χ1v) is 16.5. The van der Waals surface area contributed by atoms with E-state index in [1.807, 2.05) is 62.8 Å². The first-order valence-electron chi connectivity index (χ1n) is 15.0. The second kappa shape index (κ2) is 13.1. The van der Waals surface area contributed by atoms with Gasteiger partial charge in [0.15, 0.2) is 5.78 Å². The molecule has 0 saturated carbocycles. The highest BCUT2D eigenvalue weighted by atomic mass is 32.2. The molecule has 0 spiro atoms. The molecule has 0 amide bonds. The van der Waals surface area contributed by atoms with E-state index in [0.29, 0.717) is 38.7 Å². The van der Waals surface area contributed by atoms with E-state index in [1.165, 1.54) is 0 Å². The number of aryl methyl sites for hydroxylation is 2. The predicted molar refractivity (Wildman–Crippen MR) is 175 cm³/mol. The van der Waals surface area contributed by atoms with E-state index < -0.39 is 22.2 Å². The summed E-state index contributed by atoms with van der Waals surface area (Å²) in [7, 11) is -4.48. The maximum absolute atomic E-state index is 13.7. The Morgan fingerprint density at radius 1 is 0.723 bits per heavy atom. The molecule has 0 atom stereocenters. The number of rotatable bonds is 11. The minimum Gasteiger partial charge on any atom is -0.481 e. The Kier molecular flexibility index (Phi) is 9.29. The summed E-state index contributed by atoms with van der Waals surface area (Å²) < 4.78 is 33.6. The van der Waals surface area contributed by atoms with Crippen LogP contribution in [0.4, 0.5) is 0 Å². The van der Waals surface area contributed by atoms with Crippen LogP contribution in [0.3, 0.4) is 0 Å². The highest BCUT2D eigenvalue weighted by Crippen LogP contribution is 2.23. The molecular formula is C33H37N5O8S. The molecule has 0 aromatic carbocycles. The van der Waals surface area contributed by atoms with Crippen LogP contribution >= 0.6 is 0 Å². The molecule has 0 aliphatic carbocycles. The number of hydrogen-bond donors (Lipinski definition) is 8. The van der Waals surface area contributed by atoms with Crippen LogP contribution < -0.4 is 26.1 Å². The van der Waals surface area contributed by atoms with Gasteiger partial charge in [-0.25, -0.2) is 0 Å². The van der Waals surface area contributed by atoms with Crippen LogP contribution in [-0.4, -0.2) is 67.4 Å². The molecule has 4 aromatic rings. The summed E-state index contributed by atoms with van der Waals surface area (Å²) in [5, 5.41) is 21.6. The summed E-state index contributed by atoms with van der Waals surface area (Å²) >= 11 is 0. The summed E-state index contributed by atoms with van der Waals surface area (Å²) in [6.07, 6.45) is 5.81. The summed E-state index contributed by atoms with van der Waals surface area (Å²) in [4.78, 5) is 50.4. The van der Waals surface area contributed by atoms with Gasteiger partial charge in [-0.15, -0.1) is 0 Å². The fourth-order valence-corrected chi connectivity index (χ4v) is 6.43. The van der Waals surface area contributed by atoms with Crippen LogP contribution in [0.1, 0.15) is 75.4 Å². The molecule has 8 N–H and O–H groups in total. The number of nitrogens with one attached hydrogen (secondary N) is 5. The van der Waals surface area contributed by atoms with Crippen molar-refractivity contribution in [3.63, 3.8) is 0 Å². The number of Topliss-reactive ketones (excluding diaryl/α,β-unsaturated/α-hetero) is 1. The van der Waals surface area contributed by atoms with Crippen molar-refractivity contribution in [3.8, 4) is 0 Å². The molecule has 0 unspecified atom stereocenters. The van der Waals surface area contributed by atoms with Crippen LogP contribution in [0.5, 0.6) is 0 Å². The van der Waals surface area contributed by atoms with E-state index in [9.17, 15) is 33.0 Å². The quantitative estimate of drug-likeness (QED) is 0.106. The number of carbonyl (C=O) groups is 3. The van der Waals surface area contributed by atoms with Crippen LogP contribution in [0, 0.1) is 27.7 Å². The highest BCUT2D eigenvalue weighted by molar-refractivity contribution is 7.83. The van der Waals surface area contributed by atoms with Crippen LogP contribution in [0.15, 0.2) is 12.1 Å². The molecule has 8 bridgehead atoms. The number of carboxylic acids is 2. The number of aliphatic carboxylic acids is 2. The van der Waals surface area contributed by atoms with Crippen molar-refractivity contribution in [1.82, 2.24) is 24.7 Å². The molecule has 1 aliphatic heterocycles. The Bertz CT molecular complexity index is 2280. The van der Waals surface area contributed by atoms with Gasteiger partial charge < -0.3 is 30.1 Å². The molecule has 0 radical (unpaired) electrons. The summed E-state index contributed by atoms with van der Waals surface area (Å²) in [6.45, 7) is 7.24. The van der Waals surface area contributed by atoms with Crippen LogP contribution in [0.2, 0.25) is 0 Å². The van der Waals surface area contributed by atoms with Gasteiger partial charge in [-0.05, 0) is 104 Å². The lowest BCUT2D eigenvalue weighted by Crippen LogP contribution is -2.27. The van der Waals surface area contributed by atoms with Gasteiger partial charge in [-0.3, -0.25) is 18.9 Å². The minimum absolute atomic E-state index is 0.0829. The van der Waals surface area contributed by atoms with E-state index in [2.05, 4.69) is 19.9 Å². The van der Waals surface area contributed by atoms with Crippen molar-refractivity contribution in [2.75, 3.05) is 6.54 Å². The Morgan fingerprint density at radius 2 is 1.38 bits per heavy atom. The lowest BCUT2D eigenvalue weighted by atomic mass is 10.0. The normalized spacial score (nSPS) is 12.7. The Labute approximate surface area is 269 Å². The van der Waals surface area contributed by atoms with E-state index in [4.69, 9.17) is 4.55 Å². The van der Waals surface area contributed by atoms with E-state index >= 15 is 0 Å². The van der Waals surface area contributed by atoms with Gasteiger partial charge in [-0.2, -0.15) is 13.1 Å². The van der Waals surface area contributed by atoms with Gasteiger partial charge in [0.1, 0.15) is 0 Å². The zero-order chi connectivity index (χ0) is 34.2. The number of aromatic amines is 4. The number of fused-ring (bicyclic) bond motifs is 8. The minimum atomic E-state index is -4.48. The summed E-state index contributed by atoms with van der Waals surface area (Å²) in [5.74, 6) is -2.23. The molecule has 0 fully saturated rings. The molecule has 13 nitrogen and oxygen atoms in total. The molecule has 1 aliphatic rings. The van der Waals surface area contributed by atoms with Crippen molar-refractivity contribution < 1.29 is 37.6 Å². The second-order valence-corrected chi connectivity index (χ2v) is 13.1. The Hall–Kier alpha value is -4.92. The fraction of sp³-hybridized carbons (Fsp3) is 0.303. The monoisotopic (exact) mass is 663 g/mol. The predicted octanol–water partition coefficient (Wildman–Crippen LogP) is 0.617. The van der Waals surface area contributed by atoms with Gasteiger partial charge >= 0.3 is 22.2 Å². The second-order valence-electron chi connectivity index (χ2n) is 11.8. The average molecular weight is 664 g/mol. The topological polar surface area (TPSA) is 221 Å². The van der Waals surface area contributed by atoms with E-state index in [1.54, 1.807) is 0 Å². The van der Waals surface area contributed by atoms with Gasteiger partial charge in [0.2, 0.25) is 0 Å². The van der Waals surface area contributed by atoms with E-state index in [-0.39, 0.29) is 44.4 Å². The van der Waals surface area contributed by atoms with Gasteiger partial charge in [0.25, 0.3) is 0 Å². The van der Waals surface area contributed by atoms with Crippen LogP contribution in [-0.2, 0) is 37.5 Å². The third-order valence-electron chi connectivity index (χ3n) is 8.48. The molecule has 5 heterocycles. The van der Waals surface area contributed by atoms with Gasteiger partial charge in [0, 0.05) is 58.9 Å². The fourth-order valence-electron chi connectivity index (χ4n) is 6.07. The summed E-state index contributed by atoms with van der Waals surface area (Å²) in [6, 6.07) is 3.72. The number of aromatic nitrogens is 4. The Morgan fingerprint density at radius 3 is 2.04 bits per heavy atom. The third-order valence-corrected chi connectivity index (χ3v) is 9.05. The maximum Gasteiger partial charge on any atom is 0.333 e.